The highest BCUT2D eigenvalue weighted by molar-refractivity contribution is 6.00. The van der Waals surface area contributed by atoms with Crippen molar-refractivity contribution in [3.05, 3.63) is 59.3 Å². The average molecular weight is 396 g/mol. The molecule has 0 aliphatic heterocycles. The first-order valence-electron chi connectivity index (χ1n) is 9.44. The molecule has 0 bridgehead atoms. The molecule has 1 heterocycles. The first-order valence-corrected chi connectivity index (χ1v) is 9.44. The number of aromatic amines is 1. The second kappa shape index (κ2) is 7.40. The standard InChI is InChI=1S/C22H22F2N4O/c1-28(2)13-22(9-10-22)21(29)25-20-11-16-18(26-27-19(16)12-17(20)24)8-5-14-3-6-15(23)7-4-14/h3-8,11-12H,9-10,13H2,1-2H3,(H,25,29)(H,26,27)/b8-5+. The van der Waals surface area contributed by atoms with Gasteiger partial charge in [-0.15, -0.1) is 0 Å². The number of nitrogens with zero attached hydrogens (tertiary/aromatic N) is 2. The molecule has 1 amide bonds. The summed E-state index contributed by atoms with van der Waals surface area (Å²) in [5.74, 6) is -0.966. The van der Waals surface area contributed by atoms with Gasteiger partial charge in [0.05, 0.1) is 22.3 Å². The normalized spacial score (nSPS) is 15.3. The number of amides is 1. The maximum absolute atomic E-state index is 14.5. The Labute approximate surface area is 167 Å². The van der Waals surface area contributed by atoms with Crippen LogP contribution in [-0.2, 0) is 4.79 Å². The molecule has 1 saturated carbocycles. The third-order valence-corrected chi connectivity index (χ3v) is 5.19. The van der Waals surface area contributed by atoms with E-state index < -0.39 is 11.2 Å². The van der Waals surface area contributed by atoms with E-state index in [1.807, 2.05) is 19.0 Å². The summed E-state index contributed by atoms with van der Waals surface area (Å²) in [4.78, 5) is 14.7. The molecule has 2 N–H and O–H groups in total. The van der Waals surface area contributed by atoms with Crippen molar-refractivity contribution in [3.8, 4) is 0 Å². The van der Waals surface area contributed by atoms with Gasteiger partial charge in [0.15, 0.2) is 0 Å². The molecule has 0 unspecified atom stereocenters. The van der Waals surface area contributed by atoms with Crippen LogP contribution in [0.1, 0.15) is 24.1 Å². The highest BCUT2D eigenvalue weighted by Gasteiger charge is 2.50. The van der Waals surface area contributed by atoms with E-state index in [0.29, 0.717) is 23.1 Å². The molecular weight excluding hydrogens is 374 g/mol. The lowest BCUT2D eigenvalue weighted by Gasteiger charge is -2.19. The maximum atomic E-state index is 14.5. The molecule has 1 aliphatic carbocycles. The van der Waals surface area contributed by atoms with Crippen molar-refractivity contribution in [2.45, 2.75) is 12.8 Å². The number of carbonyl (C=O) groups is 1. The number of hydrogen-bond donors (Lipinski definition) is 2. The first-order chi connectivity index (χ1) is 13.9. The van der Waals surface area contributed by atoms with Crippen LogP contribution in [0.4, 0.5) is 14.5 Å². The van der Waals surface area contributed by atoms with E-state index in [1.54, 1.807) is 30.4 Å². The Morgan fingerprint density at radius 2 is 1.93 bits per heavy atom. The van der Waals surface area contributed by atoms with Crippen molar-refractivity contribution in [2.24, 2.45) is 5.41 Å². The molecule has 150 valence electrons. The Kier molecular flexibility index (Phi) is 4.92. The van der Waals surface area contributed by atoms with Crippen LogP contribution in [0.5, 0.6) is 0 Å². The molecule has 3 aromatic rings. The average Bonchev–Trinajstić information content (AvgIpc) is 3.35. The van der Waals surface area contributed by atoms with Crippen molar-refractivity contribution in [3.63, 3.8) is 0 Å². The third kappa shape index (κ3) is 4.05. The van der Waals surface area contributed by atoms with Crippen molar-refractivity contribution < 1.29 is 13.6 Å². The van der Waals surface area contributed by atoms with Crippen LogP contribution in [0.25, 0.3) is 23.1 Å². The van der Waals surface area contributed by atoms with Gasteiger partial charge in [-0.1, -0.05) is 18.2 Å². The third-order valence-electron chi connectivity index (χ3n) is 5.19. The molecule has 5 nitrogen and oxygen atoms in total. The van der Waals surface area contributed by atoms with E-state index >= 15 is 0 Å². The highest BCUT2D eigenvalue weighted by atomic mass is 19.1. The number of rotatable bonds is 6. The first kappa shape index (κ1) is 19.3. The summed E-state index contributed by atoms with van der Waals surface area (Å²) >= 11 is 0. The van der Waals surface area contributed by atoms with E-state index in [2.05, 4.69) is 15.5 Å². The van der Waals surface area contributed by atoms with Gasteiger partial charge < -0.3 is 10.2 Å². The summed E-state index contributed by atoms with van der Waals surface area (Å²) < 4.78 is 27.6. The van der Waals surface area contributed by atoms with E-state index in [-0.39, 0.29) is 17.4 Å². The quantitative estimate of drug-likeness (QED) is 0.653. The minimum Gasteiger partial charge on any atom is -0.323 e. The Bertz CT molecular complexity index is 1080. The number of H-pyrrole nitrogens is 1. The lowest BCUT2D eigenvalue weighted by Crippen LogP contribution is -2.33. The van der Waals surface area contributed by atoms with Gasteiger partial charge in [-0.2, -0.15) is 5.10 Å². The Morgan fingerprint density at radius 1 is 1.21 bits per heavy atom. The van der Waals surface area contributed by atoms with Gasteiger partial charge >= 0.3 is 0 Å². The van der Waals surface area contributed by atoms with Crippen molar-refractivity contribution >= 4 is 34.6 Å². The number of carbonyl (C=O) groups excluding carboxylic acids is 1. The second-order valence-electron chi connectivity index (χ2n) is 7.84. The number of hydrogen-bond acceptors (Lipinski definition) is 3. The van der Waals surface area contributed by atoms with Gasteiger partial charge in [-0.25, -0.2) is 8.78 Å². The zero-order valence-electron chi connectivity index (χ0n) is 16.3. The molecular formula is C22H22F2N4O. The Hall–Kier alpha value is -3.06. The van der Waals surface area contributed by atoms with Gasteiger partial charge in [0.25, 0.3) is 0 Å². The van der Waals surface area contributed by atoms with Crippen LogP contribution in [0, 0.1) is 17.0 Å². The smallest absolute Gasteiger partial charge is 0.231 e. The lowest BCUT2D eigenvalue weighted by atomic mass is 10.1. The predicted octanol–water partition coefficient (Wildman–Crippen LogP) is 4.29. The maximum Gasteiger partial charge on any atom is 0.231 e. The molecule has 7 heteroatoms. The highest BCUT2D eigenvalue weighted by Crippen LogP contribution is 2.47. The van der Waals surface area contributed by atoms with Crippen LogP contribution >= 0.6 is 0 Å². The molecule has 1 aromatic heterocycles. The van der Waals surface area contributed by atoms with Crippen LogP contribution in [0.2, 0.25) is 0 Å². The van der Waals surface area contributed by atoms with Crippen LogP contribution in [0.15, 0.2) is 36.4 Å². The van der Waals surface area contributed by atoms with Gasteiger partial charge in [0.2, 0.25) is 5.91 Å². The number of halogens is 2. The molecule has 0 atom stereocenters. The van der Waals surface area contributed by atoms with Crippen molar-refractivity contribution in [1.82, 2.24) is 15.1 Å². The molecule has 1 aliphatic rings. The topological polar surface area (TPSA) is 61.0 Å². The molecule has 2 aromatic carbocycles. The summed E-state index contributed by atoms with van der Waals surface area (Å²) in [6.07, 6.45) is 5.17. The molecule has 0 spiro atoms. The summed E-state index contributed by atoms with van der Waals surface area (Å²) in [6, 6.07) is 9.01. The minimum atomic E-state index is -0.510. The lowest BCUT2D eigenvalue weighted by molar-refractivity contribution is -0.121. The van der Waals surface area contributed by atoms with Gasteiger partial charge in [-0.3, -0.25) is 9.89 Å². The SMILES string of the molecule is CN(C)CC1(C(=O)Nc2cc3c(/C=C/c4ccc(F)cc4)n[nH]c3cc2F)CC1. The van der Waals surface area contributed by atoms with Crippen molar-refractivity contribution in [2.75, 3.05) is 26.0 Å². The van der Waals surface area contributed by atoms with Gasteiger partial charge in [-0.05, 0) is 56.8 Å². The van der Waals surface area contributed by atoms with E-state index in [1.165, 1.54) is 18.2 Å². The molecule has 4 rings (SSSR count). The largest absolute Gasteiger partial charge is 0.323 e. The number of benzene rings is 2. The van der Waals surface area contributed by atoms with Gasteiger partial charge in [0, 0.05) is 18.0 Å². The molecule has 0 radical (unpaired) electrons. The fourth-order valence-electron chi connectivity index (χ4n) is 3.50. The fraction of sp³-hybridized carbons (Fsp3) is 0.273. The zero-order valence-corrected chi connectivity index (χ0v) is 16.3. The summed E-state index contributed by atoms with van der Waals surface area (Å²) in [6.45, 7) is 0.639. The van der Waals surface area contributed by atoms with Crippen LogP contribution in [-0.4, -0.2) is 41.6 Å². The summed E-state index contributed by atoms with van der Waals surface area (Å²) in [5, 5.41) is 10.5. The zero-order chi connectivity index (χ0) is 20.6. The molecule has 1 fully saturated rings. The van der Waals surface area contributed by atoms with Gasteiger partial charge in [0.1, 0.15) is 11.6 Å². The van der Waals surface area contributed by atoms with Crippen LogP contribution < -0.4 is 5.32 Å². The van der Waals surface area contributed by atoms with Crippen molar-refractivity contribution in [1.29, 1.82) is 0 Å². The van der Waals surface area contributed by atoms with Crippen LogP contribution in [0.3, 0.4) is 0 Å². The monoisotopic (exact) mass is 396 g/mol. The van der Waals surface area contributed by atoms with E-state index in [9.17, 15) is 13.6 Å². The number of aromatic nitrogens is 2. The number of fused-ring (bicyclic) bond motifs is 1. The molecule has 29 heavy (non-hydrogen) atoms. The Morgan fingerprint density at radius 3 is 2.59 bits per heavy atom. The minimum absolute atomic E-state index is 0.144. The Balaban J connectivity index is 1.59. The van der Waals surface area contributed by atoms with E-state index in [4.69, 9.17) is 0 Å². The number of nitrogens with one attached hydrogen (secondary N) is 2. The fourth-order valence-corrected chi connectivity index (χ4v) is 3.50. The second-order valence-corrected chi connectivity index (χ2v) is 7.84. The number of anilines is 1. The van der Waals surface area contributed by atoms with E-state index in [0.717, 1.165) is 18.4 Å². The predicted molar refractivity (Wildman–Crippen MR) is 110 cm³/mol. The molecule has 0 saturated heterocycles. The summed E-state index contributed by atoms with van der Waals surface area (Å²) in [5.41, 5.74) is 1.66. The summed E-state index contributed by atoms with van der Waals surface area (Å²) in [7, 11) is 3.84.